The summed E-state index contributed by atoms with van der Waals surface area (Å²) in [5.41, 5.74) is -1.23. The first kappa shape index (κ1) is 13.2. The molecule has 1 aliphatic heterocycles. The maximum Gasteiger partial charge on any atom is 0.418 e. The minimum absolute atomic E-state index is 0.0968. The molecule has 1 atom stereocenters. The van der Waals surface area contributed by atoms with Crippen LogP contribution in [0, 0.1) is 0 Å². The molecule has 1 saturated heterocycles. The molecular formula is C13H13F3N2O2. The molecule has 1 unspecified atom stereocenters. The third-order valence-electron chi connectivity index (χ3n) is 3.51. The predicted molar refractivity (Wildman–Crippen MR) is 66.5 cm³/mol. The van der Waals surface area contributed by atoms with Crippen molar-refractivity contribution >= 4 is 11.0 Å². The number of imidazole rings is 1. The van der Waals surface area contributed by atoms with E-state index in [4.69, 9.17) is 4.74 Å². The highest BCUT2D eigenvalue weighted by Gasteiger charge is 2.34. The third-order valence-corrected chi connectivity index (χ3v) is 3.51. The number of hydrogen-bond acceptors (Lipinski definition) is 2. The van der Waals surface area contributed by atoms with Crippen LogP contribution in [-0.4, -0.2) is 22.3 Å². The average molecular weight is 286 g/mol. The number of para-hydroxylation sites is 1. The Bertz CT molecular complexity index is 681. The van der Waals surface area contributed by atoms with Gasteiger partial charge >= 0.3 is 11.9 Å². The van der Waals surface area contributed by atoms with Gasteiger partial charge in [-0.05, 0) is 25.0 Å². The Morgan fingerprint density at radius 2 is 2.20 bits per heavy atom. The van der Waals surface area contributed by atoms with Crippen LogP contribution < -0.4 is 5.69 Å². The van der Waals surface area contributed by atoms with Gasteiger partial charge in [0.05, 0.1) is 29.2 Å². The molecule has 2 aromatic rings. The smallest absolute Gasteiger partial charge is 0.376 e. The quantitative estimate of drug-likeness (QED) is 0.922. The Morgan fingerprint density at radius 1 is 1.40 bits per heavy atom. The Hall–Kier alpha value is -1.76. The van der Waals surface area contributed by atoms with E-state index in [-0.39, 0.29) is 23.7 Å². The molecular weight excluding hydrogens is 273 g/mol. The molecule has 20 heavy (non-hydrogen) atoms. The zero-order chi connectivity index (χ0) is 14.3. The van der Waals surface area contributed by atoms with Crippen molar-refractivity contribution in [2.45, 2.75) is 31.7 Å². The van der Waals surface area contributed by atoms with E-state index in [9.17, 15) is 18.0 Å². The van der Waals surface area contributed by atoms with Crippen LogP contribution >= 0.6 is 0 Å². The van der Waals surface area contributed by atoms with Gasteiger partial charge in [0.2, 0.25) is 0 Å². The van der Waals surface area contributed by atoms with Crippen molar-refractivity contribution in [1.29, 1.82) is 0 Å². The lowest BCUT2D eigenvalue weighted by atomic mass is 10.1. The summed E-state index contributed by atoms with van der Waals surface area (Å²) < 4.78 is 45.7. The number of nitrogens with one attached hydrogen (secondary N) is 1. The van der Waals surface area contributed by atoms with Crippen LogP contribution in [0.3, 0.4) is 0 Å². The zero-order valence-corrected chi connectivity index (χ0v) is 10.5. The second kappa shape index (κ2) is 4.66. The van der Waals surface area contributed by atoms with Crippen molar-refractivity contribution in [3.8, 4) is 0 Å². The second-order valence-electron chi connectivity index (χ2n) is 4.88. The molecule has 0 saturated carbocycles. The largest absolute Gasteiger partial charge is 0.418 e. The van der Waals surface area contributed by atoms with E-state index in [0.29, 0.717) is 6.61 Å². The van der Waals surface area contributed by atoms with Crippen LogP contribution in [0.1, 0.15) is 18.4 Å². The van der Waals surface area contributed by atoms with Gasteiger partial charge in [0.15, 0.2) is 0 Å². The predicted octanol–water partition coefficient (Wildman–Crippen LogP) is 2.53. The first-order chi connectivity index (χ1) is 9.47. The number of H-pyrrole nitrogens is 1. The lowest BCUT2D eigenvalue weighted by molar-refractivity contribution is -0.136. The molecule has 0 bridgehead atoms. The number of alkyl halides is 3. The maximum atomic E-state index is 13.1. The van der Waals surface area contributed by atoms with Crippen molar-refractivity contribution in [3.05, 3.63) is 34.2 Å². The number of fused-ring (bicyclic) bond motifs is 1. The molecule has 2 heterocycles. The SMILES string of the molecule is O=c1[nH]c2cccc(C(F)(F)F)c2n1CC1CCCO1. The van der Waals surface area contributed by atoms with E-state index >= 15 is 0 Å². The summed E-state index contributed by atoms with van der Waals surface area (Å²) >= 11 is 0. The van der Waals surface area contributed by atoms with Crippen molar-refractivity contribution < 1.29 is 17.9 Å². The summed E-state index contributed by atoms with van der Waals surface area (Å²) in [5, 5.41) is 0. The summed E-state index contributed by atoms with van der Waals surface area (Å²) in [6.45, 7) is 0.736. The van der Waals surface area contributed by atoms with E-state index in [1.807, 2.05) is 0 Å². The highest BCUT2D eigenvalue weighted by atomic mass is 19.4. The molecule has 4 nitrogen and oxygen atoms in total. The third kappa shape index (κ3) is 2.22. The van der Waals surface area contributed by atoms with E-state index in [1.165, 1.54) is 12.1 Å². The van der Waals surface area contributed by atoms with Crippen LogP contribution in [-0.2, 0) is 17.5 Å². The number of ether oxygens (including phenoxy) is 1. The Balaban J connectivity index is 2.14. The van der Waals surface area contributed by atoms with Crippen molar-refractivity contribution in [2.75, 3.05) is 6.61 Å². The van der Waals surface area contributed by atoms with Gasteiger partial charge in [0.25, 0.3) is 0 Å². The molecule has 1 aliphatic rings. The number of hydrogen-bond donors (Lipinski definition) is 1. The fourth-order valence-corrected chi connectivity index (χ4v) is 2.61. The minimum atomic E-state index is -4.49. The highest BCUT2D eigenvalue weighted by molar-refractivity contribution is 5.79. The molecule has 3 rings (SSSR count). The fraction of sp³-hybridized carbons (Fsp3) is 0.462. The number of nitrogens with zero attached hydrogens (tertiary/aromatic N) is 1. The van der Waals surface area contributed by atoms with Crippen LogP contribution in [0.25, 0.3) is 11.0 Å². The number of aromatic nitrogens is 2. The van der Waals surface area contributed by atoms with E-state index in [1.54, 1.807) is 0 Å². The van der Waals surface area contributed by atoms with Crippen molar-refractivity contribution in [3.63, 3.8) is 0 Å². The van der Waals surface area contributed by atoms with Crippen LogP contribution in [0.4, 0.5) is 13.2 Å². The first-order valence-corrected chi connectivity index (χ1v) is 6.37. The second-order valence-corrected chi connectivity index (χ2v) is 4.88. The summed E-state index contributed by atoms with van der Waals surface area (Å²) in [6, 6.07) is 3.75. The number of benzene rings is 1. The molecule has 1 fully saturated rings. The van der Waals surface area contributed by atoms with Crippen molar-refractivity contribution in [1.82, 2.24) is 9.55 Å². The lowest BCUT2D eigenvalue weighted by Crippen LogP contribution is -2.25. The minimum Gasteiger partial charge on any atom is -0.376 e. The summed E-state index contributed by atoms with van der Waals surface area (Å²) in [4.78, 5) is 14.4. The fourth-order valence-electron chi connectivity index (χ4n) is 2.61. The van der Waals surface area contributed by atoms with E-state index in [2.05, 4.69) is 4.98 Å². The van der Waals surface area contributed by atoms with E-state index < -0.39 is 17.4 Å². The molecule has 0 amide bonds. The number of aromatic amines is 1. The van der Waals surface area contributed by atoms with Gasteiger partial charge in [-0.3, -0.25) is 4.57 Å². The van der Waals surface area contributed by atoms with Gasteiger partial charge in [0, 0.05) is 6.61 Å². The average Bonchev–Trinajstić information content (AvgIpc) is 2.97. The standard InChI is InChI=1S/C13H13F3N2O2/c14-13(15,16)9-4-1-5-10-11(9)18(12(19)17-10)7-8-3-2-6-20-8/h1,4-5,8H,2-3,6-7H2,(H,17,19). The number of rotatable bonds is 2. The van der Waals surface area contributed by atoms with Gasteiger partial charge in [-0.15, -0.1) is 0 Å². The topological polar surface area (TPSA) is 47.0 Å². The van der Waals surface area contributed by atoms with E-state index in [0.717, 1.165) is 23.5 Å². The number of halogens is 3. The lowest BCUT2D eigenvalue weighted by Gasteiger charge is -2.13. The van der Waals surface area contributed by atoms with Crippen LogP contribution in [0.2, 0.25) is 0 Å². The monoisotopic (exact) mass is 286 g/mol. The summed E-state index contributed by atoms with van der Waals surface area (Å²) in [7, 11) is 0. The molecule has 0 aliphatic carbocycles. The highest BCUT2D eigenvalue weighted by Crippen LogP contribution is 2.34. The molecule has 7 heteroatoms. The van der Waals surface area contributed by atoms with Gasteiger partial charge in [-0.1, -0.05) is 6.07 Å². The molecule has 0 spiro atoms. The van der Waals surface area contributed by atoms with Gasteiger partial charge in [-0.25, -0.2) is 4.79 Å². The van der Waals surface area contributed by atoms with Gasteiger partial charge in [-0.2, -0.15) is 13.2 Å². The Morgan fingerprint density at radius 3 is 2.85 bits per heavy atom. The zero-order valence-electron chi connectivity index (χ0n) is 10.5. The van der Waals surface area contributed by atoms with Crippen molar-refractivity contribution in [2.24, 2.45) is 0 Å². The molecule has 0 radical (unpaired) electrons. The summed E-state index contributed by atoms with van der Waals surface area (Å²) in [6.07, 6.45) is -3.07. The molecule has 1 aromatic carbocycles. The van der Waals surface area contributed by atoms with Crippen LogP contribution in [0.5, 0.6) is 0 Å². The molecule has 108 valence electrons. The Kier molecular flexibility index (Phi) is 3.08. The molecule has 1 N–H and O–H groups in total. The van der Waals surface area contributed by atoms with Crippen LogP contribution in [0.15, 0.2) is 23.0 Å². The van der Waals surface area contributed by atoms with Gasteiger partial charge < -0.3 is 9.72 Å². The Labute approximate surface area is 112 Å². The summed E-state index contributed by atoms with van der Waals surface area (Å²) in [5.74, 6) is 0. The van der Waals surface area contributed by atoms with Gasteiger partial charge in [0.1, 0.15) is 0 Å². The maximum absolute atomic E-state index is 13.1. The molecule has 1 aromatic heterocycles. The first-order valence-electron chi connectivity index (χ1n) is 6.37. The normalized spacial score (nSPS) is 19.9.